The zero-order chi connectivity index (χ0) is 20.1. The van der Waals surface area contributed by atoms with Gasteiger partial charge in [0.2, 0.25) is 11.8 Å². The molecule has 2 unspecified atom stereocenters. The zero-order valence-corrected chi connectivity index (χ0v) is 15.8. The minimum atomic E-state index is -0.653. The van der Waals surface area contributed by atoms with Crippen LogP contribution >= 0.6 is 0 Å². The number of nitrogens with zero attached hydrogens (tertiary/aromatic N) is 4. The molecule has 2 fully saturated rings. The van der Waals surface area contributed by atoms with Gasteiger partial charge in [0.15, 0.2) is 0 Å². The molecule has 1 saturated heterocycles. The lowest BCUT2D eigenvalue weighted by Crippen LogP contribution is -2.31. The average Bonchev–Trinajstić information content (AvgIpc) is 3.26. The first-order chi connectivity index (χ1) is 14.1. The van der Waals surface area contributed by atoms with Gasteiger partial charge in [0.25, 0.3) is 0 Å². The van der Waals surface area contributed by atoms with Crippen LogP contribution in [0.1, 0.15) is 25.7 Å². The second-order valence-corrected chi connectivity index (χ2v) is 7.50. The summed E-state index contributed by atoms with van der Waals surface area (Å²) in [5.74, 6) is -1.24. The Balaban J connectivity index is 1.60. The Kier molecular flexibility index (Phi) is 4.08. The molecule has 2 atom stereocenters. The summed E-state index contributed by atoms with van der Waals surface area (Å²) in [5.41, 5.74) is 1.54. The third kappa shape index (κ3) is 2.70. The summed E-state index contributed by atoms with van der Waals surface area (Å²) in [5, 5.41) is 8.14. The number of ether oxygens (including phenoxy) is 1. The molecule has 0 N–H and O–H groups in total. The largest absolute Gasteiger partial charge is 0.497 e. The number of methoxy groups -OCH3 is 1. The van der Waals surface area contributed by atoms with E-state index in [0.717, 1.165) is 17.7 Å². The van der Waals surface area contributed by atoms with Crippen molar-refractivity contribution in [3.05, 3.63) is 42.2 Å². The molecule has 1 aromatic heterocycles. The minimum Gasteiger partial charge on any atom is -0.497 e. The van der Waals surface area contributed by atoms with E-state index in [-0.39, 0.29) is 29.3 Å². The van der Waals surface area contributed by atoms with E-state index >= 15 is 0 Å². The van der Waals surface area contributed by atoms with Crippen LogP contribution in [0.15, 0.2) is 36.4 Å². The Morgan fingerprint density at radius 3 is 2.31 bits per heavy atom. The number of hydrogen-bond acceptors (Lipinski definition) is 5. The second kappa shape index (κ2) is 6.65. The van der Waals surface area contributed by atoms with Crippen molar-refractivity contribution in [1.82, 2.24) is 15.0 Å². The van der Waals surface area contributed by atoms with Crippen molar-refractivity contribution in [2.75, 3.05) is 12.0 Å². The Bertz CT molecular complexity index is 1100. The standard InChI is InChI=1S/C21H19FN4O3/c1-29-13-8-6-12(7-9-13)26-19-11-18(16(22)10-17(19)23-24-26)25-20(27)14-4-2-3-5-15(14)21(25)28/h6-11,14-15H,2-5H2,1H3. The number of imide groups is 1. The summed E-state index contributed by atoms with van der Waals surface area (Å²) in [7, 11) is 1.58. The van der Waals surface area contributed by atoms with Crippen molar-refractivity contribution in [2.24, 2.45) is 11.8 Å². The molecular weight excluding hydrogens is 375 g/mol. The van der Waals surface area contributed by atoms with Crippen LogP contribution < -0.4 is 9.64 Å². The van der Waals surface area contributed by atoms with Gasteiger partial charge in [0.1, 0.15) is 17.1 Å². The molecule has 0 spiro atoms. The fourth-order valence-electron chi connectivity index (χ4n) is 4.42. The number of fused-ring (bicyclic) bond motifs is 2. The number of aromatic nitrogens is 3. The lowest BCUT2D eigenvalue weighted by Gasteiger charge is -2.19. The first kappa shape index (κ1) is 17.8. The maximum atomic E-state index is 14.9. The number of rotatable bonds is 3. The number of benzene rings is 2. The van der Waals surface area contributed by atoms with Gasteiger partial charge < -0.3 is 4.74 Å². The molecule has 2 heterocycles. The van der Waals surface area contributed by atoms with E-state index < -0.39 is 5.82 Å². The second-order valence-electron chi connectivity index (χ2n) is 7.50. The topological polar surface area (TPSA) is 77.3 Å². The molecule has 0 radical (unpaired) electrons. The molecule has 1 aliphatic carbocycles. The fraction of sp³-hybridized carbons (Fsp3) is 0.333. The predicted octanol–water partition coefficient (Wildman–Crippen LogP) is 3.25. The fourth-order valence-corrected chi connectivity index (χ4v) is 4.42. The average molecular weight is 394 g/mol. The number of hydrogen-bond donors (Lipinski definition) is 0. The van der Waals surface area contributed by atoms with E-state index in [1.54, 1.807) is 36.1 Å². The highest BCUT2D eigenvalue weighted by atomic mass is 19.1. The van der Waals surface area contributed by atoms with Crippen LogP contribution in [-0.2, 0) is 9.59 Å². The molecule has 2 aliphatic rings. The summed E-state index contributed by atoms with van der Waals surface area (Å²) in [6.45, 7) is 0. The zero-order valence-electron chi connectivity index (χ0n) is 15.8. The summed E-state index contributed by atoms with van der Waals surface area (Å²) >= 11 is 0. The predicted molar refractivity (Wildman–Crippen MR) is 103 cm³/mol. The van der Waals surface area contributed by atoms with Crippen molar-refractivity contribution in [3.8, 4) is 11.4 Å². The number of anilines is 1. The molecule has 148 valence electrons. The first-order valence-corrected chi connectivity index (χ1v) is 9.65. The minimum absolute atomic E-state index is 0.0287. The van der Waals surface area contributed by atoms with Gasteiger partial charge in [0.05, 0.1) is 35.8 Å². The Labute approximate surface area is 166 Å². The van der Waals surface area contributed by atoms with E-state index in [1.165, 1.54) is 12.1 Å². The van der Waals surface area contributed by atoms with Crippen LogP contribution in [0.5, 0.6) is 5.75 Å². The molecule has 5 rings (SSSR count). The van der Waals surface area contributed by atoms with Crippen LogP contribution in [-0.4, -0.2) is 33.9 Å². The van der Waals surface area contributed by atoms with Gasteiger partial charge in [-0.05, 0) is 43.2 Å². The highest BCUT2D eigenvalue weighted by Crippen LogP contribution is 2.41. The lowest BCUT2D eigenvalue weighted by atomic mass is 9.81. The summed E-state index contributed by atoms with van der Waals surface area (Å²) in [6, 6.07) is 9.88. The maximum absolute atomic E-state index is 14.9. The highest BCUT2D eigenvalue weighted by Gasteiger charge is 2.49. The molecular formula is C21H19FN4O3. The molecule has 2 amide bonds. The number of halogens is 1. The third-order valence-electron chi connectivity index (χ3n) is 5.91. The number of carbonyl (C=O) groups is 2. The molecule has 1 saturated carbocycles. The summed E-state index contributed by atoms with van der Waals surface area (Å²) in [6.07, 6.45) is 3.20. The van der Waals surface area contributed by atoms with Crippen LogP contribution in [0.4, 0.5) is 10.1 Å². The quantitative estimate of drug-likeness (QED) is 0.638. The monoisotopic (exact) mass is 394 g/mol. The van der Waals surface area contributed by atoms with Gasteiger partial charge in [-0.3, -0.25) is 9.59 Å². The van der Waals surface area contributed by atoms with Crippen molar-refractivity contribution in [3.63, 3.8) is 0 Å². The van der Waals surface area contributed by atoms with Crippen LogP contribution in [0, 0.1) is 17.7 Å². The third-order valence-corrected chi connectivity index (χ3v) is 5.91. The maximum Gasteiger partial charge on any atom is 0.237 e. The van der Waals surface area contributed by atoms with E-state index in [2.05, 4.69) is 10.3 Å². The normalized spacial score (nSPS) is 21.7. The molecule has 3 aromatic rings. The Morgan fingerprint density at radius 2 is 1.69 bits per heavy atom. The summed E-state index contributed by atoms with van der Waals surface area (Å²) in [4.78, 5) is 26.8. The van der Waals surface area contributed by atoms with Crippen molar-refractivity contribution >= 4 is 28.5 Å². The lowest BCUT2D eigenvalue weighted by molar-refractivity contribution is -0.122. The Hall–Kier alpha value is -3.29. The van der Waals surface area contributed by atoms with Gasteiger partial charge in [-0.1, -0.05) is 18.1 Å². The summed E-state index contributed by atoms with van der Waals surface area (Å²) < 4.78 is 21.6. The SMILES string of the molecule is COc1ccc(-n2nnc3cc(F)c(N4C(=O)C5CCCCC5C4=O)cc32)cc1. The Morgan fingerprint density at radius 1 is 1.03 bits per heavy atom. The van der Waals surface area contributed by atoms with Crippen LogP contribution in [0.2, 0.25) is 0 Å². The van der Waals surface area contributed by atoms with Gasteiger partial charge >= 0.3 is 0 Å². The van der Waals surface area contributed by atoms with E-state index in [0.29, 0.717) is 35.3 Å². The highest BCUT2D eigenvalue weighted by molar-refractivity contribution is 6.22. The van der Waals surface area contributed by atoms with Crippen molar-refractivity contribution in [2.45, 2.75) is 25.7 Å². The smallest absolute Gasteiger partial charge is 0.237 e. The van der Waals surface area contributed by atoms with E-state index in [1.807, 2.05) is 0 Å². The molecule has 0 bridgehead atoms. The van der Waals surface area contributed by atoms with Gasteiger partial charge in [-0.15, -0.1) is 5.10 Å². The van der Waals surface area contributed by atoms with Crippen molar-refractivity contribution in [1.29, 1.82) is 0 Å². The first-order valence-electron chi connectivity index (χ1n) is 9.65. The van der Waals surface area contributed by atoms with Gasteiger partial charge in [0, 0.05) is 6.07 Å². The van der Waals surface area contributed by atoms with Crippen molar-refractivity contribution < 1.29 is 18.7 Å². The van der Waals surface area contributed by atoms with Gasteiger partial charge in [-0.2, -0.15) is 0 Å². The number of amides is 2. The van der Waals surface area contributed by atoms with Crippen LogP contribution in [0.25, 0.3) is 16.7 Å². The van der Waals surface area contributed by atoms with E-state index in [4.69, 9.17) is 4.74 Å². The van der Waals surface area contributed by atoms with Gasteiger partial charge in [-0.25, -0.2) is 14.0 Å². The number of carbonyl (C=O) groups excluding carboxylic acids is 2. The van der Waals surface area contributed by atoms with Crippen LogP contribution in [0.3, 0.4) is 0 Å². The molecule has 1 aliphatic heterocycles. The van der Waals surface area contributed by atoms with E-state index in [9.17, 15) is 14.0 Å². The molecule has 2 aromatic carbocycles. The molecule has 29 heavy (non-hydrogen) atoms. The molecule has 7 nitrogen and oxygen atoms in total. The molecule has 8 heteroatoms.